The van der Waals surface area contributed by atoms with Crippen LogP contribution in [0.2, 0.25) is 0 Å². The van der Waals surface area contributed by atoms with Crippen LogP contribution in [-0.2, 0) is 22.5 Å². The van der Waals surface area contributed by atoms with E-state index in [4.69, 9.17) is 16.9 Å². The van der Waals surface area contributed by atoms with Gasteiger partial charge in [-0.2, -0.15) is 0 Å². The van der Waals surface area contributed by atoms with Crippen molar-refractivity contribution in [3.05, 3.63) is 47.4 Å². The van der Waals surface area contributed by atoms with Crippen LogP contribution < -0.4 is 11.1 Å². The second-order valence-corrected chi connectivity index (χ2v) is 8.08. The second-order valence-electron chi connectivity index (χ2n) is 8.08. The highest BCUT2D eigenvalue weighted by Crippen LogP contribution is 2.38. The first-order valence-electron chi connectivity index (χ1n) is 11.1. The Bertz CT molecular complexity index is 1220. The third-order valence-electron chi connectivity index (χ3n) is 5.90. The molecule has 4 rings (SSSR count). The van der Waals surface area contributed by atoms with E-state index in [1.165, 1.54) is 19.0 Å². The minimum absolute atomic E-state index is 0.000929. The van der Waals surface area contributed by atoms with E-state index in [0.717, 1.165) is 53.7 Å². The number of aromatic nitrogens is 3. The van der Waals surface area contributed by atoms with Gasteiger partial charge in [0.2, 0.25) is 5.91 Å². The number of aryl methyl sites for hydroxylation is 1. The lowest BCUT2D eigenvalue weighted by Gasteiger charge is -2.19. The van der Waals surface area contributed by atoms with Crippen molar-refractivity contribution in [3.63, 3.8) is 0 Å². The molecule has 1 atom stereocenters. The van der Waals surface area contributed by atoms with Gasteiger partial charge in [-0.1, -0.05) is 24.1 Å². The predicted molar refractivity (Wildman–Crippen MR) is 130 cm³/mol. The topological polar surface area (TPSA) is 107 Å². The molecule has 3 heterocycles. The molecule has 3 N–H and O–H groups in total. The minimum atomic E-state index is -0.101. The average Bonchev–Trinajstić information content (AvgIpc) is 3.15. The Morgan fingerprint density at radius 3 is 2.97 bits per heavy atom. The summed E-state index contributed by atoms with van der Waals surface area (Å²) in [7, 11) is 1.51. The maximum atomic E-state index is 11.5. The van der Waals surface area contributed by atoms with Crippen molar-refractivity contribution in [1.82, 2.24) is 19.9 Å². The number of hydrogen-bond acceptors (Lipinski definition) is 6. The van der Waals surface area contributed by atoms with E-state index in [1.807, 2.05) is 24.4 Å². The zero-order valence-electron chi connectivity index (χ0n) is 18.8. The predicted octanol–water partition coefficient (Wildman–Crippen LogP) is 2.97. The van der Waals surface area contributed by atoms with E-state index < -0.39 is 0 Å². The lowest BCUT2D eigenvalue weighted by atomic mass is 9.88. The molecule has 0 aliphatic carbocycles. The van der Waals surface area contributed by atoms with Crippen LogP contribution in [0.1, 0.15) is 42.0 Å². The summed E-state index contributed by atoms with van der Waals surface area (Å²) in [5, 5.41) is 3.66. The number of hydrogen-bond donors (Lipinski definition) is 2. The SMILES string of the molecule is C#Cc1c(C2C=Nc3ccccc3C2)c2c(N)ncnc2n1CCCCCNC(=O)COC. The molecule has 3 aromatic rings. The molecule has 8 nitrogen and oxygen atoms in total. The minimum Gasteiger partial charge on any atom is -0.383 e. The fourth-order valence-corrected chi connectivity index (χ4v) is 4.38. The van der Waals surface area contributed by atoms with Gasteiger partial charge in [0, 0.05) is 37.9 Å². The van der Waals surface area contributed by atoms with Gasteiger partial charge >= 0.3 is 0 Å². The number of rotatable bonds is 9. The number of nitrogens with one attached hydrogen (secondary N) is 1. The number of anilines is 1. The molecule has 0 radical (unpaired) electrons. The number of aliphatic imine (C=N–C) groups is 1. The van der Waals surface area contributed by atoms with E-state index in [1.54, 1.807) is 0 Å². The lowest BCUT2D eigenvalue weighted by molar-refractivity contribution is -0.124. The summed E-state index contributed by atoms with van der Waals surface area (Å²) in [6.07, 6.45) is 12.9. The summed E-state index contributed by atoms with van der Waals surface area (Å²) >= 11 is 0. The van der Waals surface area contributed by atoms with Gasteiger partial charge in [0.25, 0.3) is 0 Å². The summed E-state index contributed by atoms with van der Waals surface area (Å²) < 4.78 is 6.89. The first kappa shape index (κ1) is 22.5. The van der Waals surface area contributed by atoms with Gasteiger partial charge in [0.05, 0.1) is 16.8 Å². The van der Waals surface area contributed by atoms with Crippen LogP contribution in [0.15, 0.2) is 35.6 Å². The molecule has 8 heteroatoms. The Morgan fingerprint density at radius 1 is 1.30 bits per heavy atom. The quantitative estimate of drug-likeness (QED) is 0.390. The van der Waals surface area contributed by atoms with Gasteiger partial charge in [-0.25, -0.2) is 9.97 Å². The molecule has 2 aromatic heterocycles. The molecule has 0 spiro atoms. The maximum absolute atomic E-state index is 11.5. The number of carbonyl (C=O) groups excluding carboxylic acids is 1. The molecule has 33 heavy (non-hydrogen) atoms. The van der Waals surface area contributed by atoms with Crippen molar-refractivity contribution in [3.8, 4) is 12.3 Å². The molecule has 0 saturated heterocycles. The van der Waals surface area contributed by atoms with Gasteiger partial charge in [0.15, 0.2) is 0 Å². The molecule has 0 bridgehead atoms. The van der Waals surface area contributed by atoms with Crippen molar-refractivity contribution in [2.24, 2.45) is 4.99 Å². The number of nitrogen functional groups attached to an aromatic ring is 1. The van der Waals surface area contributed by atoms with Gasteiger partial charge in [0.1, 0.15) is 24.4 Å². The number of methoxy groups -OCH3 is 1. The van der Waals surface area contributed by atoms with E-state index in [0.29, 0.717) is 18.9 Å². The fraction of sp³-hybridized carbons (Fsp3) is 0.360. The highest BCUT2D eigenvalue weighted by atomic mass is 16.5. The third kappa shape index (κ3) is 4.73. The summed E-state index contributed by atoms with van der Waals surface area (Å²) in [5.41, 5.74) is 11.0. The Hall–Kier alpha value is -3.70. The van der Waals surface area contributed by atoms with E-state index in [-0.39, 0.29) is 18.4 Å². The summed E-state index contributed by atoms with van der Waals surface area (Å²) in [5.74, 6) is 3.22. The second kappa shape index (κ2) is 10.3. The lowest BCUT2D eigenvalue weighted by Crippen LogP contribution is -2.27. The Labute approximate surface area is 193 Å². The van der Waals surface area contributed by atoms with Crippen LogP contribution >= 0.6 is 0 Å². The monoisotopic (exact) mass is 444 g/mol. The molecule has 0 fully saturated rings. The molecular formula is C25H28N6O2. The Kier molecular flexibility index (Phi) is 7.01. The number of terminal acetylenes is 1. The molecule has 1 aliphatic heterocycles. The largest absolute Gasteiger partial charge is 0.383 e. The van der Waals surface area contributed by atoms with Crippen molar-refractivity contribution in [2.75, 3.05) is 26.0 Å². The number of ether oxygens (including phenoxy) is 1. The zero-order chi connectivity index (χ0) is 23.2. The first-order valence-corrected chi connectivity index (χ1v) is 11.1. The number of nitrogens with zero attached hydrogens (tertiary/aromatic N) is 4. The maximum Gasteiger partial charge on any atom is 0.245 e. The normalized spacial score (nSPS) is 14.7. The highest BCUT2D eigenvalue weighted by Gasteiger charge is 2.27. The van der Waals surface area contributed by atoms with Crippen molar-refractivity contribution in [1.29, 1.82) is 0 Å². The van der Waals surface area contributed by atoms with Gasteiger partial charge in [-0.05, 0) is 37.3 Å². The van der Waals surface area contributed by atoms with Gasteiger partial charge < -0.3 is 20.4 Å². The summed E-state index contributed by atoms with van der Waals surface area (Å²) in [6, 6.07) is 8.13. The van der Waals surface area contributed by atoms with Crippen LogP contribution in [0.3, 0.4) is 0 Å². The van der Waals surface area contributed by atoms with E-state index >= 15 is 0 Å². The van der Waals surface area contributed by atoms with Crippen molar-refractivity contribution >= 4 is 34.7 Å². The van der Waals surface area contributed by atoms with Crippen LogP contribution in [0.25, 0.3) is 11.0 Å². The standard InChI is InChI=1S/C25H28N6O2/c1-3-20-22(18-13-17-9-5-6-10-19(17)28-14-18)23-24(26)29-16-30-25(23)31(20)12-8-4-7-11-27-21(32)15-33-2/h1,5-6,9-10,14,16,18H,4,7-8,11-13,15H2,2H3,(H,27,32)(H2,26,29,30). The third-order valence-corrected chi connectivity index (χ3v) is 5.90. The van der Waals surface area contributed by atoms with Crippen LogP contribution in [0, 0.1) is 12.3 Å². The van der Waals surface area contributed by atoms with Gasteiger partial charge in [-0.15, -0.1) is 6.42 Å². The highest BCUT2D eigenvalue weighted by molar-refractivity contribution is 5.96. The smallest absolute Gasteiger partial charge is 0.245 e. The molecule has 1 amide bonds. The molecule has 1 aliphatic rings. The molecule has 0 saturated carbocycles. The Balaban J connectivity index is 1.56. The van der Waals surface area contributed by atoms with Crippen LogP contribution in [-0.4, -0.2) is 46.9 Å². The zero-order valence-corrected chi connectivity index (χ0v) is 18.8. The number of benzene rings is 1. The number of carbonyl (C=O) groups is 1. The molecule has 1 aromatic carbocycles. The number of amides is 1. The summed E-state index contributed by atoms with van der Waals surface area (Å²) in [4.78, 5) is 24.9. The Morgan fingerprint density at radius 2 is 2.15 bits per heavy atom. The number of nitrogens with two attached hydrogens (primary N) is 1. The van der Waals surface area contributed by atoms with E-state index in [9.17, 15) is 4.79 Å². The number of para-hydroxylation sites is 1. The fourth-order valence-electron chi connectivity index (χ4n) is 4.38. The summed E-state index contributed by atoms with van der Waals surface area (Å²) in [6.45, 7) is 1.41. The first-order chi connectivity index (χ1) is 16.1. The van der Waals surface area contributed by atoms with Crippen molar-refractivity contribution < 1.29 is 9.53 Å². The van der Waals surface area contributed by atoms with Crippen molar-refractivity contribution in [2.45, 2.75) is 38.1 Å². The molecule has 1 unspecified atom stereocenters. The van der Waals surface area contributed by atoms with Gasteiger partial charge in [-0.3, -0.25) is 9.79 Å². The molecular weight excluding hydrogens is 416 g/mol. The number of fused-ring (bicyclic) bond motifs is 2. The van der Waals surface area contributed by atoms with Crippen LogP contribution in [0.4, 0.5) is 11.5 Å². The average molecular weight is 445 g/mol. The van der Waals surface area contributed by atoms with Crippen LogP contribution in [0.5, 0.6) is 0 Å². The van der Waals surface area contributed by atoms with E-state index in [2.05, 4.69) is 36.8 Å². The number of unbranched alkanes of at least 4 members (excludes halogenated alkanes) is 2. The molecule has 170 valence electrons.